The van der Waals surface area contributed by atoms with Gasteiger partial charge >= 0.3 is 221 Å². The maximum Gasteiger partial charge on any atom is -1.00 e. The number of hydrogen-bond donors (Lipinski definition) is 0. The minimum atomic E-state index is -2.31. The van der Waals surface area contributed by atoms with E-state index in [9.17, 15) is 9.59 Å². The van der Waals surface area contributed by atoms with E-state index >= 15 is 0 Å². The van der Waals surface area contributed by atoms with E-state index in [2.05, 4.69) is 49.6 Å². The van der Waals surface area contributed by atoms with Crippen molar-refractivity contribution in [2.24, 2.45) is 11.8 Å². The van der Waals surface area contributed by atoms with Crippen LogP contribution in [0.5, 0.6) is 0 Å². The van der Waals surface area contributed by atoms with Crippen LogP contribution in [0.2, 0.25) is 4.20 Å². The zero-order valence-electron chi connectivity index (χ0n) is 22.5. The maximum absolute atomic E-state index is 14.4. The van der Waals surface area contributed by atoms with Gasteiger partial charge in [-0.1, -0.05) is 0 Å². The van der Waals surface area contributed by atoms with Gasteiger partial charge in [0.1, 0.15) is 0 Å². The minimum absolute atomic E-state index is 0. The first-order chi connectivity index (χ1) is 17.4. The molecule has 2 fully saturated rings. The molecule has 0 aliphatic heterocycles. The van der Waals surface area contributed by atoms with Crippen molar-refractivity contribution in [3.8, 4) is 11.3 Å². The summed E-state index contributed by atoms with van der Waals surface area (Å²) in [4.78, 5) is 28.7. The summed E-state index contributed by atoms with van der Waals surface area (Å²) in [5, 5.41) is 0. The topological polar surface area (TPSA) is 43.2 Å². The van der Waals surface area contributed by atoms with E-state index in [1.807, 2.05) is 34.9 Å². The second-order valence-corrected chi connectivity index (χ2v) is 17.7. The van der Waals surface area contributed by atoms with Gasteiger partial charge in [-0.05, 0) is 0 Å². The maximum atomic E-state index is 14.4. The molecule has 37 heavy (non-hydrogen) atoms. The number of rotatable bonds is 5. The number of imidazole rings is 1. The second kappa shape index (κ2) is 11.9. The fraction of sp³-hybridized carbons (Fsp3) is 0.516. The van der Waals surface area contributed by atoms with Gasteiger partial charge in [-0.15, -0.1) is 0 Å². The van der Waals surface area contributed by atoms with Crippen LogP contribution in [0.3, 0.4) is 0 Å². The SMILES string of the molecule is CC(C)(C)[As](C(=O)C1CCCCC1)c1c(-c2ccccc2)n(C(=O)C2CCCCC2)c2cccc[n+]12.[Cl-]. The Morgan fingerprint density at radius 1 is 0.811 bits per heavy atom. The van der Waals surface area contributed by atoms with Gasteiger partial charge in [-0.2, -0.15) is 0 Å². The molecule has 0 amide bonds. The Balaban J connectivity index is 0.00000320. The molecule has 2 saturated carbocycles. The molecule has 6 heteroatoms. The van der Waals surface area contributed by atoms with Crippen LogP contribution in [-0.4, -0.2) is 29.7 Å². The molecule has 1 atom stereocenters. The van der Waals surface area contributed by atoms with Crippen LogP contribution in [0.1, 0.15) is 89.8 Å². The molecule has 198 valence electrons. The number of pyridine rings is 1. The summed E-state index contributed by atoms with van der Waals surface area (Å²) in [7, 11) is 0. The van der Waals surface area contributed by atoms with Crippen LogP contribution in [0.25, 0.3) is 16.9 Å². The molecule has 0 spiro atoms. The number of carbonyl (C=O) groups is 2. The van der Waals surface area contributed by atoms with Gasteiger partial charge in [0, 0.05) is 0 Å². The van der Waals surface area contributed by atoms with Crippen molar-refractivity contribution in [3.63, 3.8) is 0 Å². The number of fused-ring (bicyclic) bond motifs is 1. The van der Waals surface area contributed by atoms with Crippen LogP contribution >= 0.6 is 0 Å². The monoisotopic (exact) mass is 582 g/mol. The molecule has 0 saturated heterocycles. The quantitative estimate of drug-likeness (QED) is 0.342. The van der Waals surface area contributed by atoms with Crippen molar-refractivity contribution in [2.75, 3.05) is 0 Å². The number of carbonyl (C=O) groups excluding carboxylic acids is 2. The average molecular weight is 583 g/mol. The molecule has 2 aliphatic rings. The fourth-order valence-electron chi connectivity index (χ4n) is 6.23. The Bertz CT molecular complexity index is 1240. The van der Waals surface area contributed by atoms with Crippen LogP contribution in [-0.2, 0) is 4.79 Å². The van der Waals surface area contributed by atoms with E-state index in [-0.39, 0.29) is 34.4 Å². The third-order valence-corrected chi connectivity index (χ3v) is 14.3. The second-order valence-electron chi connectivity index (χ2n) is 11.7. The van der Waals surface area contributed by atoms with Gasteiger partial charge in [-0.25, -0.2) is 0 Å². The molecule has 2 aromatic heterocycles. The molecular formula is C31H40AsClN2O2. The van der Waals surface area contributed by atoms with Crippen molar-refractivity contribution in [1.82, 2.24) is 4.57 Å². The summed E-state index contributed by atoms with van der Waals surface area (Å²) >= 11 is -2.31. The molecule has 5 rings (SSSR count). The molecule has 0 bridgehead atoms. The minimum Gasteiger partial charge on any atom is -1.00 e. The summed E-state index contributed by atoms with van der Waals surface area (Å²) in [5.74, 6) is 0.421. The van der Waals surface area contributed by atoms with E-state index in [1.165, 1.54) is 12.8 Å². The third kappa shape index (κ3) is 5.62. The van der Waals surface area contributed by atoms with E-state index in [0.717, 1.165) is 72.8 Å². The van der Waals surface area contributed by atoms with Crippen molar-refractivity contribution >= 4 is 35.3 Å². The number of hydrogen-bond acceptors (Lipinski definition) is 2. The Morgan fingerprint density at radius 2 is 1.38 bits per heavy atom. The fourth-order valence-corrected chi connectivity index (χ4v) is 12.4. The van der Waals surface area contributed by atoms with Crippen LogP contribution in [0, 0.1) is 11.8 Å². The van der Waals surface area contributed by atoms with Crippen molar-refractivity contribution in [3.05, 3.63) is 54.7 Å². The van der Waals surface area contributed by atoms with Gasteiger partial charge < -0.3 is 12.4 Å². The third-order valence-electron chi connectivity index (χ3n) is 8.01. The van der Waals surface area contributed by atoms with Crippen LogP contribution in [0.4, 0.5) is 0 Å². The first-order valence-electron chi connectivity index (χ1n) is 13.9. The average Bonchev–Trinajstić information content (AvgIpc) is 3.23. The van der Waals surface area contributed by atoms with Gasteiger partial charge in [-0.3, -0.25) is 0 Å². The summed E-state index contributed by atoms with van der Waals surface area (Å²) in [6.45, 7) is 6.74. The van der Waals surface area contributed by atoms with E-state index in [1.54, 1.807) is 0 Å². The molecular weight excluding hydrogens is 543 g/mol. The molecule has 0 radical (unpaired) electrons. The van der Waals surface area contributed by atoms with Crippen LogP contribution in [0.15, 0.2) is 54.7 Å². The van der Waals surface area contributed by atoms with E-state index < -0.39 is 14.7 Å². The van der Waals surface area contributed by atoms with Crippen LogP contribution < -0.4 is 21.3 Å². The molecule has 2 heterocycles. The smallest absolute Gasteiger partial charge is 1.00 e. The van der Waals surface area contributed by atoms with Gasteiger partial charge in [0.25, 0.3) is 0 Å². The summed E-state index contributed by atoms with van der Waals surface area (Å²) in [6, 6.07) is 16.5. The van der Waals surface area contributed by atoms with Crippen molar-refractivity contribution in [1.29, 1.82) is 0 Å². The number of nitrogens with zero attached hydrogens (tertiary/aromatic N) is 2. The molecule has 3 aromatic rings. The largest absolute Gasteiger partial charge is 1.00 e. The molecule has 1 aromatic carbocycles. The first-order valence-corrected chi connectivity index (χ1v) is 16.7. The molecule has 1 unspecified atom stereocenters. The van der Waals surface area contributed by atoms with Gasteiger partial charge in [0.15, 0.2) is 0 Å². The zero-order chi connectivity index (χ0) is 25.3. The zero-order valence-corrected chi connectivity index (χ0v) is 25.1. The van der Waals surface area contributed by atoms with Gasteiger partial charge in [0.2, 0.25) is 0 Å². The summed E-state index contributed by atoms with van der Waals surface area (Å²) in [5.41, 5.74) is 2.92. The number of benzene rings is 1. The Kier molecular flexibility index (Phi) is 9.02. The number of halogens is 1. The summed E-state index contributed by atoms with van der Waals surface area (Å²) < 4.78 is 5.70. The Hall–Kier alpha value is -1.90. The van der Waals surface area contributed by atoms with E-state index in [4.69, 9.17) is 0 Å². The molecule has 2 aliphatic carbocycles. The van der Waals surface area contributed by atoms with Crippen molar-refractivity contribution in [2.45, 2.75) is 89.2 Å². The normalized spacial score (nSPS) is 18.4. The Morgan fingerprint density at radius 3 is 1.97 bits per heavy atom. The Labute approximate surface area is 232 Å². The standard InChI is InChI=1S/C31H40AsN2O2.ClH/c1-31(2,3)32(29(35)24-17-9-5-10-18-24)28-27(23-15-7-4-8-16-23)34(26-21-13-14-22-33(26)28)30(36)25-19-11-6-12-20-25;/h4,7-8,13-16,21-22,24-25H,5-6,9-12,17-20H2,1-3H3;1H/q+1;/p-1. The molecule has 0 N–H and O–H groups in total. The van der Waals surface area contributed by atoms with Gasteiger partial charge in [0.05, 0.1) is 0 Å². The predicted molar refractivity (Wildman–Crippen MR) is 147 cm³/mol. The summed E-state index contributed by atoms with van der Waals surface area (Å²) in [6.07, 6.45) is 13.1. The van der Waals surface area contributed by atoms with E-state index in [0.29, 0.717) is 4.57 Å². The molecule has 4 nitrogen and oxygen atoms in total. The number of aromatic nitrogens is 2. The van der Waals surface area contributed by atoms with Crippen molar-refractivity contribution < 1.29 is 26.4 Å². The predicted octanol–water partition coefficient (Wildman–Crippen LogP) is 3.31. The first kappa shape index (κ1) is 28.1.